The molecule has 8 heteroatoms. The Morgan fingerprint density at radius 1 is 1.00 bits per heavy atom. The molecular weight excluding hydrogens is 350 g/mol. The molecule has 2 aromatic rings. The second-order valence-corrected chi connectivity index (χ2v) is 5.47. The number of rotatable bonds is 6. The van der Waals surface area contributed by atoms with Gasteiger partial charge in [-0.05, 0) is 36.8 Å². The zero-order chi connectivity index (χ0) is 18.4. The van der Waals surface area contributed by atoms with Crippen molar-refractivity contribution in [3.63, 3.8) is 0 Å². The van der Waals surface area contributed by atoms with Crippen LogP contribution in [0.1, 0.15) is 5.56 Å². The number of nitrogens with one attached hydrogen (secondary N) is 2. The summed E-state index contributed by atoms with van der Waals surface area (Å²) in [6, 6.07) is 9.97. The second-order valence-electron chi connectivity index (χ2n) is 5.06. The van der Waals surface area contributed by atoms with Crippen LogP contribution in [0, 0.1) is 6.92 Å². The van der Waals surface area contributed by atoms with Gasteiger partial charge in [0.1, 0.15) is 17.2 Å². The summed E-state index contributed by atoms with van der Waals surface area (Å²) >= 11 is 5.25. The van der Waals surface area contributed by atoms with Crippen molar-refractivity contribution in [2.45, 2.75) is 13.5 Å². The van der Waals surface area contributed by atoms with E-state index in [-0.39, 0.29) is 10.9 Å². The average molecular weight is 368 g/mol. The highest BCUT2D eigenvalue weighted by molar-refractivity contribution is 7.80. The fraction of sp³-hybridized carbons (Fsp3) is 0.235. The molecule has 0 atom stereocenters. The van der Waals surface area contributed by atoms with Crippen LogP contribution in [-0.4, -0.2) is 25.9 Å². The fourth-order valence-corrected chi connectivity index (χ4v) is 2.33. The molecule has 0 unspecified atom stereocenters. The Hall–Kier alpha value is -2.61. The minimum Gasteiger partial charge on any atom is -0.497 e. The van der Waals surface area contributed by atoms with Crippen molar-refractivity contribution in [3.8, 4) is 17.2 Å². The monoisotopic (exact) mass is 368 g/mol. The van der Waals surface area contributed by atoms with E-state index in [1.54, 1.807) is 30.3 Å². The summed E-state index contributed by atoms with van der Waals surface area (Å²) in [6.45, 7) is -1.09. The zero-order valence-corrected chi connectivity index (χ0v) is 14.7. The summed E-state index contributed by atoms with van der Waals surface area (Å²) in [6.07, 6.45) is 0. The van der Waals surface area contributed by atoms with E-state index in [9.17, 15) is 8.78 Å². The highest BCUT2D eigenvalue weighted by Crippen LogP contribution is 2.29. The summed E-state index contributed by atoms with van der Waals surface area (Å²) in [5, 5.41) is 6.03. The van der Waals surface area contributed by atoms with Crippen LogP contribution in [0.3, 0.4) is 0 Å². The minimum absolute atomic E-state index is 0.00738. The molecule has 0 aliphatic carbocycles. The molecule has 0 saturated heterocycles. The molecule has 0 saturated carbocycles. The molecule has 0 aliphatic heterocycles. The van der Waals surface area contributed by atoms with Gasteiger partial charge in [0.15, 0.2) is 5.11 Å². The van der Waals surface area contributed by atoms with Crippen LogP contribution in [0.15, 0.2) is 36.4 Å². The third kappa shape index (κ3) is 5.46. The first-order valence-electron chi connectivity index (χ1n) is 7.28. The molecule has 134 valence electrons. The maximum atomic E-state index is 12.5. The Labute approximate surface area is 149 Å². The number of anilines is 2. The molecular formula is C17H18F2N2O3S. The maximum absolute atomic E-state index is 12.5. The molecule has 2 N–H and O–H groups in total. The number of aryl methyl sites for hydroxylation is 1. The van der Waals surface area contributed by atoms with Gasteiger partial charge in [-0.2, -0.15) is 8.78 Å². The smallest absolute Gasteiger partial charge is 0.387 e. The predicted molar refractivity (Wildman–Crippen MR) is 97.2 cm³/mol. The van der Waals surface area contributed by atoms with E-state index in [0.717, 1.165) is 5.56 Å². The SMILES string of the molecule is COc1cc(NC(=S)Nc2cc(C)ccc2OC(F)F)cc(OC)c1. The lowest BCUT2D eigenvalue weighted by molar-refractivity contribution is -0.0493. The molecule has 25 heavy (non-hydrogen) atoms. The first-order valence-corrected chi connectivity index (χ1v) is 7.68. The van der Waals surface area contributed by atoms with Crippen molar-refractivity contribution in [1.29, 1.82) is 0 Å². The maximum Gasteiger partial charge on any atom is 0.387 e. The quantitative estimate of drug-likeness (QED) is 0.736. The molecule has 0 bridgehead atoms. The number of halogens is 2. The Bertz CT molecular complexity index is 734. The first kappa shape index (κ1) is 18.7. The van der Waals surface area contributed by atoms with Gasteiger partial charge in [0.05, 0.1) is 19.9 Å². The standard InChI is InChI=1S/C17H18F2N2O3S/c1-10-4-5-15(24-16(18)19)14(6-10)21-17(25)20-11-7-12(22-2)9-13(8-11)23-3/h4-9,16H,1-3H3,(H2,20,21,25). The molecule has 0 fully saturated rings. The molecule has 2 rings (SSSR count). The Morgan fingerprint density at radius 3 is 2.20 bits per heavy atom. The molecule has 5 nitrogen and oxygen atoms in total. The van der Waals surface area contributed by atoms with Crippen molar-refractivity contribution in [2.75, 3.05) is 24.9 Å². The van der Waals surface area contributed by atoms with E-state index in [2.05, 4.69) is 15.4 Å². The number of benzene rings is 2. The van der Waals surface area contributed by atoms with Gasteiger partial charge in [-0.25, -0.2) is 0 Å². The third-order valence-electron chi connectivity index (χ3n) is 3.21. The van der Waals surface area contributed by atoms with Crippen LogP contribution in [-0.2, 0) is 0 Å². The largest absolute Gasteiger partial charge is 0.497 e. The summed E-state index contributed by atoms with van der Waals surface area (Å²) in [5.41, 5.74) is 1.83. The van der Waals surface area contributed by atoms with Crippen molar-refractivity contribution >= 4 is 28.7 Å². The summed E-state index contributed by atoms with van der Waals surface area (Å²) in [7, 11) is 3.08. The molecule has 0 aliphatic rings. The number of thiocarbonyl (C=S) groups is 1. The van der Waals surface area contributed by atoms with Gasteiger partial charge in [0.25, 0.3) is 0 Å². The van der Waals surface area contributed by atoms with E-state index in [1.807, 2.05) is 6.92 Å². The topological polar surface area (TPSA) is 51.8 Å². The number of hydrogen-bond acceptors (Lipinski definition) is 4. The average Bonchev–Trinajstić information content (AvgIpc) is 2.56. The van der Waals surface area contributed by atoms with Crippen LogP contribution in [0.2, 0.25) is 0 Å². The third-order valence-corrected chi connectivity index (χ3v) is 3.41. The lowest BCUT2D eigenvalue weighted by atomic mass is 10.2. The highest BCUT2D eigenvalue weighted by Gasteiger charge is 2.11. The lowest BCUT2D eigenvalue weighted by Gasteiger charge is -2.16. The highest BCUT2D eigenvalue weighted by atomic mass is 32.1. The minimum atomic E-state index is -2.92. The Balaban J connectivity index is 2.16. The van der Waals surface area contributed by atoms with Crippen molar-refractivity contribution < 1.29 is 23.0 Å². The van der Waals surface area contributed by atoms with E-state index in [0.29, 0.717) is 22.9 Å². The van der Waals surface area contributed by atoms with Crippen LogP contribution >= 0.6 is 12.2 Å². The zero-order valence-electron chi connectivity index (χ0n) is 13.9. The predicted octanol–water partition coefficient (Wildman–Crippen LogP) is 4.42. The van der Waals surface area contributed by atoms with E-state index < -0.39 is 6.61 Å². The Morgan fingerprint density at radius 2 is 1.64 bits per heavy atom. The molecule has 0 heterocycles. The second kappa shape index (κ2) is 8.48. The summed E-state index contributed by atoms with van der Waals surface area (Å²) in [5.74, 6) is 1.18. The van der Waals surface area contributed by atoms with E-state index >= 15 is 0 Å². The van der Waals surface area contributed by atoms with Gasteiger partial charge in [-0.3, -0.25) is 0 Å². The van der Waals surface area contributed by atoms with Gasteiger partial charge < -0.3 is 24.8 Å². The van der Waals surface area contributed by atoms with Crippen LogP contribution < -0.4 is 24.8 Å². The number of methoxy groups -OCH3 is 2. The van der Waals surface area contributed by atoms with Gasteiger partial charge in [-0.1, -0.05) is 6.07 Å². The van der Waals surface area contributed by atoms with Crippen molar-refractivity contribution in [3.05, 3.63) is 42.0 Å². The summed E-state index contributed by atoms with van der Waals surface area (Å²) in [4.78, 5) is 0. The van der Waals surface area contributed by atoms with Gasteiger partial charge in [0.2, 0.25) is 0 Å². The fourth-order valence-electron chi connectivity index (χ4n) is 2.10. The molecule has 2 aromatic carbocycles. The molecule has 0 spiro atoms. The Kier molecular flexibility index (Phi) is 6.35. The van der Waals surface area contributed by atoms with E-state index in [4.69, 9.17) is 21.7 Å². The number of hydrogen-bond donors (Lipinski definition) is 2. The first-order chi connectivity index (χ1) is 11.9. The van der Waals surface area contributed by atoms with Crippen LogP contribution in [0.5, 0.6) is 17.2 Å². The molecule has 0 amide bonds. The van der Waals surface area contributed by atoms with E-state index in [1.165, 1.54) is 20.3 Å². The normalized spacial score (nSPS) is 10.3. The van der Waals surface area contributed by atoms with Crippen molar-refractivity contribution in [2.24, 2.45) is 0 Å². The van der Waals surface area contributed by atoms with Gasteiger partial charge >= 0.3 is 6.61 Å². The molecule has 0 aromatic heterocycles. The van der Waals surface area contributed by atoms with Gasteiger partial charge in [0, 0.05) is 23.9 Å². The van der Waals surface area contributed by atoms with Gasteiger partial charge in [-0.15, -0.1) is 0 Å². The lowest BCUT2D eigenvalue weighted by Crippen LogP contribution is -2.20. The van der Waals surface area contributed by atoms with Crippen LogP contribution in [0.25, 0.3) is 0 Å². The number of alkyl halides is 2. The van der Waals surface area contributed by atoms with Crippen molar-refractivity contribution in [1.82, 2.24) is 0 Å². The number of ether oxygens (including phenoxy) is 3. The van der Waals surface area contributed by atoms with Crippen LogP contribution in [0.4, 0.5) is 20.2 Å². The molecule has 0 radical (unpaired) electrons. The summed E-state index contributed by atoms with van der Waals surface area (Å²) < 4.78 is 39.9.